The number of hydrogen-bond acceptors (Lipinski definition) is 2. The van der Waals surface area contributed by atoms with Gasteiger partial charge in [-0.3, -0.25) is 0 Å². The molecule has 1 aromatic rings. The Morgan fingerprint density at radius 2 is 2.08 bits per heavy atom. The molecular formula is C10H14OS. The highest BCUT2D eigenvalue weighted by atomic mass is 32.1. The SMILES string of the molecule is CC1(C)CC(O)(c2cccs2)C1. The molecule has 1 N–H and O–H groups in total. The number of rotatable bonds is 1. The summed E-state index contributed by atoms with van der Waals surface area (Å²) >= 11 is 1.66. The molecule has 0 aliphatic heterocycles. The van der Waals surface area contributed by atoms with Gasteiger partial charge in [-0.2, -0.15) is 0 Å². The predicted octanol–water partition coefficient (Wildman–Crippen LogP) is 2.76. The second kappa shape index (κ2) is 2.33. The van der Waals surface area contributed by atoms with Crippen molar-refractivity contribution in [3.8, 4) is 0 Å². The lowest BCUT2D eigenvalue weighted by Gasteiger charge is -2.49. The van der Waals surface area contributed by atoms with Crippen molar-refractivity contribution in [2.75, 3.05) is 0 Å². The van der Waals surface area contributed by atoms with E-state index in [4.69, 9.17) is 0 Å². The van der Waals surface area contributed by atoms with Crippen molar-refractivity contribution >= 4 is 11.3 Å². The molecular weight excluding hydrogens is 168 g/mol. The minimum atomic E-state index is -0.502. The summed E-state index contributed by atoms with van der Waals surface area (Å²) in [5.74, 6) is 0. The first kappa shape index (κ1) is 8.27. The summed E-state index contributed by atoms with van der Waals surface area (Å²) in [5, 5.41) is 12.1. The molecule has 12 heavy (non-hydrogen) atoms. The summed E-state index contributed by atoms with van der Waals surface area (Å²) in [7, 11) is 0. The van der Waals surface area contributed by atoms with E-state index in [9.17, 15) is 5.11 Å². The highest BCUT2D eigenvalue weighted by Gasteiger charge is 2.49. The average molecular weight is 182 g/mol. The third kappa shape index (κ3) is 1.19. The Balaban J connectivity index is 2.18. The van der Waals surface area contributed by atoms with Crippen LogP contribution in [0.3, 0.4) is 0 Å². The van der Waals surface area contributed by atoms with Crippen LogP contribution >= 0.6 is 11.3 Å². The third-order valence-corrected chi connectivity index (χ3v) is 3.59. The quantitative estimate of drug-likeness (QED) is 0.708. The molecule has 66 valence electrons. The lowest BCUT2D eigenvalue weighted by atomic mass is 9.61. The largest absolute Gasteiger partial charge is 0.384 e. The first-order valence-corrected chi connectivity index (χ1v) is 5.16. The number of thiophene rings is 1. The molecule has 0 spiro atoms. The third-order valence-electron chi connectivity index (χ3n) is 2.52. The molecule has 0 atom stereocenters. The van der Waals surface area contributed by atoms with Crippen molar-refractivity contribution < 1.29 is 5.11 Å². The summed E-state index contributed by atoms with van der Waals surface area (Å²) in [6.07, 6.45) is 1.81. The van der Waals surface area contributed by atoms with E-state index in [0.717, 1.165) is 17.7 Å². The lowest BCUT2D eigenvalue weighted by molar-refractivity contribution is -0.116. The fraction of sp³-hybridized carbons (Fsp3) is 0.600. The van der Waals surface area contributed by atoms with Crippen molar-refractivity contribution in [1.29, 1.82) is 0 Å². The van der Waals surface area contributed by atoms with E-state index in [0.29, 0.717) is 5.41 Å². The molecule has 2 rings (SSSR count). The molecule has 1 aliphatic carbocycles. The zero-order valence-electron chi connectivity index (χ0n) is 7.50. The Morgan fingerprint density at radius 3 is 2.50 bits per heavy atom. The normalized spacial score (nSPS) is 24.9. The molecule has 0 unspecified atom stereocenters. The van der Waals surface area contributed by atoms with Crippen molar-refractivity contribution in [2.45, 2.75) is 32.3 Å². The highest BCUT2D eigenvalue weighted by molar-refractivity contribution is 7.10. The van der Waals surface area contributed by atoms with Crippen molar-refractivity contribution in [2.24, 2.45) is 5.41 Å². The van der Waals surface area contributed by atoms with Crippen LogP contribution in [0.25, 0.3) is 0 Å². The smallest absolute Gasteiger partial charge is 0.0998 e. The summed E-state index contributed by atoms with van der Waals surface area (Å²) < 4.78 is 0. The maximum atomic E-state index is 10.1. The fourth-order valence-electron chi connectivity index (χ4n) is 2.25. The lowest BCUT2D eigenvalue weighted by Crippen LogP contribution is -2.45. The Labute approximate surface area is 77.0 Å². The van der Waals surface area contributed by atoms with Gasteiger partial charge in [-0.15, -0.1) is 11.3 Å². The molecule has 0 saturated heterocycles. The van der Waals surface area contributed by atoms with Crippen LogP contribution in [-0.4, -0.2) is 5.11 Å². The molecule has 0 aromatic carbocycles. The Hall–Kier alpha value is -0.340. The maximum absolute atomic E-state index is 10.1. The van der Waals surface area contributed by atoms with Crippen LogP contribution in [0.15, 0.2) is 17.5 Å². The summed E-state index contributed by atoms with van der Waals surface area (Å²) in [6.45, 7) is 4.41. The average Bonchev–Trinajstić information content (AvgIpc) is 2.31. The Morgan fingerprint density at radius 1 is 1.42 bits per heavy atom. The second-order valence-corrected chi connectivity index (χ2v) is 5.47. The van der Waals surface area contributed by atoms with Crippen LogP contribution in [0.1, 0.15) is 31.6 Å². The van der Waals surface area contributed by atoms with Gasteiger partial charge in [-0.05, 0) is 29.7 Å². The van der Waals surface area contributed by atoms with Gasteiger partial charge in [-0.25, -0.2) is 0 Å². The first-order chi connectivity index (χ1) is 5.52. The minimum Gasteiger partial charge on any atom is -0.384 e. The van der Waals surface area contributed by atoms with E-state index in [1.165, 1.54) is 0 Å². The Bertz CT molecular complexity index is 266. The van der Waals surface area contributed by atoms with Gasteiger partial charge in [0.25, 0.3) is 0 Å². The molecule has 1 nitrogen and oxygen atoms in total. The molecule has 2 heteroatoms. The van der Waals surface area contributed by atoms with Gasteiger partial charge in [0.05, 0.1) is 5.60 Å². The zero-order valence-corrected chi connectivity index (χ0v) is 8.32. The zero-order chi connectivity index (χ0) is 8.82. The predicted molar refractivity (Wildman–Crippen MR) is 51.2 cm³/mol. The van der Waals surface area contributed by atoms with E-state index < -0.39 is 5.60 Å². The highest BCUT2D eigenvalue weighted by Crippen LogP contribution is 2.54. The van der Waals surface area contributed by atoms with Crippen LogP contribution < -0.4 is 0 Å². The number of aliphatic hydroxyl groups is 1. The van der Waals surface area contributed by atoms with Gasteiger partial charge in [0, 0.05) is 4.88 Å². The van der Waals surface area contributed by atoms with Crippen molar-refractivity contribution in [3.05, 3.63) is 22.4 Å². The van der Waals surface area contributed by atoms with Crippen molar-refractivity contribution in [1.82, 2.24) is 0 Å². The van der Waals surface area contributed by atoms with E-state index in [1.807, 2.05) is 17.5 Å². The van der Waals surface area contributed by atoms with Crippen LogP contribution in [0, 0.1) is 5.41 Å². The van der Waals surface area contributed by atoms with E-state index in [2.05, 4.69) is 13.8 Å². The summed E-state index contributed by atoms with van der Waals surface area (Å²) in [5.41, 5.74) is -0.170. The molecule has 0 radical (unpaired) electrons. The fourth-order valence-corrected chi connectivity index (χ4v) is 3.07. The van der Waals surface area contributed by atoms with Gasteiger partial charge in [0.1, 0.15) is 0 Å². The molecule has 1 aliphatic rings. The summed E-state index contributed by atoms with van der Waals surface area (Å²) in [6, 6.07) is 4.03. The van der Waals surface area contributed by atoms with Gasteiger partial charge in [-0.1, -0.05) is 19.9 Å². The number of hydrogen-bond donors (Lipinski definition) is 1. The first-order valence-electron chi connectivity index (χ1n) is 4.28. The molecule has 0 amide bonds. The van der Waals surface area contributed by atoms with Gasteiger partial charge < -0.3 is 5.11 Å². The standard InChI is InChI=1S/C10H14OS/c1-9(2)6-10(11,7-9)8-4-3-5-12-8/h3-5,11H,6-7H2,1-2H3. The van der Waals surface area contributed by atoms with Crippen LogP contribution in [0.4, 0.5) is 0 Å². The maximum Gasteiger partial charge on any atom is 0.0998 e. The second-order valence-electron chi connectivity index (χ2n) is 4.53. The Kier molecular flexibility index (Phi) is 1.61. The van der Waals surface area contributed by atoms with Gasteiger partial charge in [0.15, 0.2) is 0 Å². The molecule has 1 aromatic heterocycles. The van der Waals surface area contributed by atoms with Crippen molar-refractivity contribution in [3.63, 3.8) is 0 Å². The molecule has 0 bridgehead atoms. The molecule has 1 fully saturated rings. The van der Waals surface area contributed by atoms with E-state index >= 15 is 0 Å². The monoisotopic (exact) mass is 182 g/mol. The molecule has 1 heterocycles. The van der Waals surface area contributed by atoms with E-state index in [1.54, 1.807) is 11.3 Å². The van der Waals surface area contributed by atoms with Gasteiger partial charge in [0.2, 0.25) is 0 Å². The minimum absolute atomic E-state index is 0.332. The summed E-state index contributed by atoms with van der Waals surface area (Å²) in [4.78, 5) is 1.13. The molecule has 1 saturated carbocycles. The van der Waals surface area contributed by atoms with E-state index in [-0.39, 0.29) is 0 Å². The van der Waals surface area contributed by atoms with Crippen LogP contribution in [-0.2, 0) is 5.60 Å². The van der Waals surface area contributed by atoms with Crippen LogP contribution in [0.5, 0.6) is 0 Å². The van der Waals surface area contributed by atoms with Gasteiger partial charge >= 0.3 is 0 Å². The van der Waals surface area contributed by atoms with Crippen LogP contribution in [0.2, 0.25) is 0 Å². The topological polar surface area (TPSA) is 20.2 Å².